The van der Waals surface area contributed by atoms with E-state index in [1.807, 2.05) is 37.3 Å². The first-order valence-corrected chi connectivity index (χ1v) is 7.61. The number of piperidine rings is 1. The van der Waals surface area contributed by atoms with Crippen LogP contribution < -0.4 is 10.6 Å². The van der Waals surface area contributed by atoms with E-state index >= 15 is 0 Å². The molecule has 1 unspecified atom stereocenters. The molecular formula is C17H20N4O. The Hall–Kier alpha value is -2.27. The lowest BCUT2D eigenvalue weighted by molar-refractivity contribution is -0.122. The first-order valence-electron chi connectivity index (χ1n) is 7.61. The summed E-state index contributed by atoms with van der Waals surface area (Å²) in [5.41, 5.74) is 1.08. The molecule has 1 amide bonds. The summed E-state index contributed by atoms with van der Waals surface area (Å²) in [7, 11) is 0. The summed E-state index contributed by atoms with van der Waals surface area (Å²) in [6, 6.07) is 9.77. The average Bonchev–Trinajstić information content (AvgIpc) is 2.57. The molecule has 114 valence electrons. The van der Waals surface area contributed by atoms with E-state index < -0.39 is 5.54 Å². The minimum Gasteiger partial charge on any atom is -0.322 e. The summed E-state index contributed by atoms with van der Waals surface area (Å²) in [4.78, 5) is 21.1. The van der Waals surface area contributed by atoms with Gasteiger partial charge in [0.1, 0.15) is 0 Å². The molecule has 2 N–H and O–H groups in total. The standard InChI is InChI=1S/C17H20N4O/c1-17(9-5-6-10-20-17)16(22)21-14-11-18-15(19-12-14)13-7-3-2-4-8-13/h2-4,7-8,11-12,20H,5-6,9-10H2,1H3,(H,21,22). The van der Waals surface area contributed by atoms with Crippen molar-refractivity contribution in [3.8, 4) is 11.4 Å². The van der Waals surface area contributed by atoms with Gasteiger partial charge in [0.25, 0.3) is 0 Å². The lowest BCUT2D eigenvalue weighted by Gasteiger charge is -2.33. The third-order valence-electron chi connectivity index (χ3n) is 4.06. The van der Waals surface area contributed by atoms with Crippen LogP contribution in [-0.4, -0.2) is 28.0 Å². The van der Waals surface area contributed by atoms with Crippen molar-refractivity contribution in [2.75, 3.05) is 11.9 Å². The molecule has 1 fully saturated rings. The molecule has 0 saturated carbocycles. The second-order valence-corrected chi connectivity index (χ2v) is 5.83. The fourth-order valence-electron chi connectivity index (χ4n) is 2.65. The Morgan fingerprint density at radius 3 is 2.55 bits per heavy atom. The topological polar surface area (TPSA) is 66.9 Å². The van der Waals surface area contributed by atoms with Crippen molar-refractivity contribution in [2.24, 2.45) is 0 Å². The van der Waals surface area contributed by atoms with E-state index in [0.717, 1.165) is 31.4 Å². The van der Waals surface area contributed by atoms with Crippen LogP contribution in [-0.2, 0) is 4.79 Å². The number of hydrogen-bond donors (Lipinski definition) is 2. The first-order chi connectivity index (χ1) is 10.7. The van der Waals surface area contributed by atoms with Crippen LogP contribution in [0.15, 0.2) is 42.7 Å². The Labute approximate surface area is 130 Å². The second kappa shape index (κ2) is 6.23. The van der Waals surface area contributed by atoms with Crippen LogP contribution >= 0.6 is 0 Å². The molecule has 5 nitrogen and oxygen atoms in total. The normalized spacial score (nSPS) is 21.3. The van der Waals surface area contributed by atoms with E-state index in [9.17, 15) is 4.79 Å². The molecule has 5 heteroatoms. The molecule has 22 heavy (non-hydrogen) atoms. The van der Waals surface area contributed by atoms with Crippen LogP contribution in [0.4, 0.5) is 5.69 Å². The summed E-state index contributed by atoms with van der Waals surface area (Å²) in [6.45, 7) is 2.83. The molecular weight excluding hydrogens is 276 g/mol. The lowest BCUT2D eigenvalue weighted by Crippen LogP contribution is -2.54. The molecule has 0 bridgehead atoms. The van der Waals surface area contributed by atoms with Crippen molar-refractivity contribution >= 4 is 11.6 Å². The van der Waals surface area contributed by atoms with Crippen LogP contribution in [0.1, 0.15) is 26.2 Å². The molecule has 1 aliphatic heterocycles. The maximum absolute atomic E-state index is 12.4. The van der Waals surface area contributed by atoms with Crippen LogP contribution in [0.5, 0.6) is 0 Å². The van der Waals surface area contributed by atoms with Gasteiger partial charge >= 0.3 is 0 Å². The second-order valence-electron chi connectivity index (χ2n) is 5.83. The molecule has 1 aromatic heterocycles. The minimum absolute atomic E-state index is 0.0248. The third-order valence-corrected chi connectivity index (χ3v) is 4.06. The predicted octanol–water partition coefficient (Wildman–Crippen LogP) is 2.61. The predicted molar refractivity (Wildman–Crippen MR) is 86.4 cm³/mol. The zero-order chi connectivity index (χ0) is 15.4. The van der Waals surface area contributed by atoms with Gasteiger partial charge in [0.15, 0.2) is 5.82 Å². The van der Waals surface area contributed by atoms with Gasteiger partial charge in [-0.1, -0.05) is 30.3 Å². The van der Waals surface area contributed by atoms with Crippen molar-refractivity contribution in [1.29, 1.82) is 0 Å². The van der Waals surface area contributed by atoms with E-state index in [-0.39, 0.29) is 5.91 Å². The van der Waals surface area contributed by atoms with E-state index in [2.05, 4.69) is 20.6 Å². The summed E-state index contributed by atoms with van der Waals surface area (Å²) < 4.78 is 0. The zero-order valence-corrected chi connectivity index (χ0v) is 12.7. The number of nitrogens with zero attached hydrogens (tertiary/aromatic N) is 2. The van der Waals surface area contributed by atoms with Crippen molar-refractivity contribution in [3.05, 3.63) is 42.7 Å². The van der Waals surface area contributed by atoms with Gasteiger partial charge in [0.2, 0.25) is 5.91 Å². The molecule has 0 spiro atoms. The monoisotopic (exact) mass is 296 g/mol. The van der Waals surface area contributed by atoms with Crippen LogP contribution in [0.25, 0.3) is 11.4 Å². The SMILES string of the molecule is CC1(C(=O)Nc2cnc(-c3ccccc3)nc2)CCCCN1. The average molecular weight is 296 g/mol. The van der Waals surface area contributed by atoms with Gasteiger partial charge in [-0.2, -0.15) is 0 Å². The van der Waals surface area contributed by atoms with Gasteiger partial charge in [-0.15, -0.1) is 0 Å². The fourth-order valence-corrected chi connectivity index (χ4v) is 2.65. The van der Waals surface area contributed by atoms with Crippen LogP contribution in [0.2, 0.25) is 0 Å². The van der Waals surface area contributed by atoms with Crippen LogP contribution in [0.3, 0.4) is 0 Å². The quantitative estimate of drug-likeness (QED) is 0.913. The summed E-state index contributed by atoms with van der Waals surface area (Å²) in [5.74, 6) is 0.629. The Morgan fingerprint density at radius 1 is 1.18 bits per heavy atom. The van der Waals surface area contributed by atoms with Gasteiger partial charge in [-0.3, -0.25) is 4.79 Å². The van der Waals surface area contributed by atoms with Crippen LogP contribution in [0, 0.1) is 0 Å². The van der Waals surface area contributed by atoms with Crippen molar-refractivity contribution in [3.63, 3.8) is 0 Å². The summed E-state index contributed by atoms with van der Waals surface area (Å²) >= 11 is 0. The number of benzene rings is 1. The summed E-state index contributed by atoms with van der Waals surface area (Å²) in [5, 5.41) is 6.20. The summed E-state index contributed by atoms with van der Waals surface area (Å²) in [6.07, 6.45) is 6.35. The van der Waals surface area contributed by atoms with Gasteiger partial charge in [-0.25, -0.2) is 9.97 Å². The Kier molecular flexibility index (Phi) is 4.15. The number of rotatable bonds is 3. The Morgan fingerprint density at radius 2 is 1.91 bits per heavy atom. The van der Waals surface area contributed by atoms with Crippen molar-refractivity contribution in [1.82, 2.24) is 15.3 Å². The van der Waals surface area contributed by atoms with Gasteiger partial charge in [-0.05, 0) is 32.7 Å². The molecule has 1 aromatic carbocycles. The molecule has 0 radical (unpaired) electrons. The molecule has 1 atom stereocenters. The first kappa shape index (κ1) is 14.7. The van der Waals surface area contributed by atoms with E-state index in [0.29, 0.717) is 11.5 Å². The number of hydrogen-bond acceptors (Lipinski definition) is 4. The highest BCUT2D eigenvalue weighted by atomic mass is 16.2. The smallest absolute Gasteiger partial charge is 0.244 e. The van der Waals surface area contributed by atoms with Gasteiger partial charge < -0.3 is 10.6 Å². The maximum Gasteiger partial charge on any atom is 0.244 e. The minimum atomic E-state index is -0.504. The lowest BCUT2D eigenvalue weighted by atomic mass is 9.90. The van der Waals surface area contributed by atoms with E-state index in [4.69, 9.17) is 0 Å². The number of carbonyl (C=O) groups excluding carboxylic acids is 1. The van der Waals surface area contributed by atoms with E-state index in [1.54, 1.807) is 12.4 Å². The fraction of sp³-hybridized carbons (Fsp3) is 0.353. The van der Waals surface area contributed by atoms with Crippen molar-refractivity contribution in [2.45, 2.75) is 31.7 Å². The number of carbonyl (C=O) groups is 1. The molecule has 2 aromatic rings. The maximum atomic E-state index is 12.4. The van der Waals surface area contributed by atoms with Gasteiger partial charge in [0, 0.05) is 5.56 Å². The number of nitrogens with one attached hydrogen (secondary N) is 2. The molecule has 1 saturated heterocycles. The molecule has 3 rings (SSSR count). The van der Waals surface area contributed by atoms with E-state index in [1.165, 1.54) is 0 Å². The molecule has 0 aliphatic carbocycles. The van der Waals surface area contributed by atoms with Crippen molar-refractivity contribution < 1.29 is 4.79 Å². The largest absolute Gasteiger partial charge is 0.322 e. The molecule has 1 aliphatic rings. The third kappa shape index (κ3) is 3.14. The van der Waals surface area contributed by atoms with Gasteiger partial charge in [0.05, 0.1) is 23.6 Å². The number of amides is 1. The highest BCUT2D eigenvalue weighted by Crippen LogP contribution is 2.21. The Bertz CT molecular complexity index is 633. The highest BCUT2D eigenvalue weighted by molar-refractivity contribution is 5.97. The molecule has 2 heterocycles. The number of anilines is 1. The zero-order valence-electron chi connectivity index (χ0n) is 12.7. The number of aromatic nitrogens is 2. The highest BCUT2D eigenvalue weighted by Gasteiger charge is 2.34. The Balaban J connectivity index is 1.70.